The van der Waals surface area contributed by atoms with Crippen LogP contribution in [0.4, 0.5) is 4.79 Å². The summed E-state index contributed by atoms with van der Waals surface area (Å²) in [5.41, 5.74) is 2.37. The third-order valence-corrected chi connectivity index (χ3v) is 4.57. The van der Waals surface area contributed by atoms with Crippen molar-refractivity contribution >= 4 is 33.6 Å². The summed E-state index contributed by atoms with van der Waals surface area (Å²) in [5.74, 6) is -0.463. The lowest BCUT2D eigenvalue weighted by molar-refractivity contribution is -0.138. The predicted molar refractivity (Wildman–Crippen MR) is 98.5 cm³/mol. The molecule has 6 heteroatoms. The van der Waals surface area contributed by atoms with E-state index in [1.54, 1.807) is 6.92 Å². The molecule has 25 heavy (non-hydrogen) atoms. The molecule has 1 heterocycles. The number of carbonyl (C=O) groups excluding carboxylic acids is 2. The summed E-state index contributed by atoms with van der Waals surface area (Å²) in [6.45, 7) is 2.00. The molecule has 3 rings (SSSR count). The van der Waals surface area contributed by atoms with Crippen LogP contribution in [0.15, 0.2) is 64.6 Å². The van der Waals surface area contributed by atoms with Gasteiger partial charge in [-0.2, -0.15) is 0 Å². The minimum atomic E-state index is -0.612. The SMILES string of the molecule is CCOC(=O)C1=C(c2ccccc2)NC(=O)NC1c1ccccc1Br. The third kappa shape index (κ3) is 3.58. The van der Waals surface area contributed by atoms with Crippen LogP contribution in [0.25, 0.3) is 5.70 Å². The summed E-state index contributed by atoms with van der Waals surface area (Å²) >= 11 is 3.50. The number of esters is 1. The van der Waals surface area contributed by atoms with Gasteiger partial charge < -0.3 is 15.4 Å². The number of ether oxygens (including phenoxy) is 1. The number of rotatable bonds is 4. The Bertz CT molecular complexity index is 834. The second-order valence-electron chi connectivity index (χ2n) is 5.43. The lowest BCUT2D eigenvalue weighted by Crippen LogP contribution is -2.45. The maximum absolute atomic E-state index is 12.7. The van der Waals surface area contributed by atoms with Gasteiger partial charge in [0.15, 0.2) is 0 Å². The van der Waals surface area contributed by atoms with Crippen LogP contribution < -0.4 is 10.6 Å². The molecule has 1 aliphatic heterocycles. The van der Waals surface area contributed by atoms with Crippen molar-refractivity contribution in [3.8, 4) is 0 Å². The summed E-state index contributed by atoms with van der Waals surface area (Å²) in [4.78, 5) is 24.9. The van der Waals surface area contributed by atoms with E-state index in [4.69, 9.17) is 4.74 Å². The molecule has 0 aromatic heterocycles. The zero-order valence-corrected chi connectivity index (χ0v) is 15.2. The Balaban J connectivity index is 2.20. The van der Waals surface area contributed by atoms with Gasteiger partial charge in [0.05, 0.1) is 23.9 Å². The van der Waals surface area contributed by atoms with Crippen molar-refractivity contribution in [1.29, 1.82) is 0 Å². The van der Waals surface area contributed by atoms with Gasteiger partial charge >= 0.3 is 12.0 Å². The molecule has 1 unspecified atom stereocenters. The maximum Gasteiger partial charge on any atom is 0.338 e. The molecule has 2 amide bonds. The Morgan fingerprint density at radius 1 is 1.12 bits per heavy atom. The lowest BCUT2D eigenvalue weighted by Gasteiger charge is -2.30. The Morgan fingerprint density at radius 3 is 2.48 bits per heavy atom. The van der Waals surface area contributed by atoms with Gasteiger partial charge in [-0.15, -0.1) is 0 Å². The molecular weight excluding hydrogens is 384 g/mol. The Kier molecular flexibility index (Phi) is 5.19. The van der Waals surface area contributed by atoms with Gasteiger partial charge in [0.2, 0.25) is 0 Å². The maximum atomic E-state index is 12.7. The zero-order valence-electron chi connectivity index (χ0n) is 13.6. The number of amides is 2. The molecule has 2 aromatic rings. The smallest absolute Gasteiger partial charge is 0.338 e. The molecule has 1 atom stereocenters. The Morgan fingerprint density at radius 2 is 1.80 bits per heavy atom. The summed E-state index contributed by atoms with van der Waals surface area (Å²) in [6.07, 6.45) is 0. The van der Waals surface area contributed by atoms with Crippen LogP contribution >= 0.6 is 15.9 Å². The van der Waals surface area contributed by atoms with Crippen molar-refractivity contribution in [2.75, 3.05) is 6.61 Å². The molecule has 5 nitrogen and oxygen atoms in total. The largest absolute Gasteiger partial charge is 0.463 e. The van der Waals surface area contributed by atoms with Crippen LogP contribution in [-0.2, 0) is 9.53 Å². The fourth-order valence-corrected chi connectivity index (χ4v) is 3.28. The number of halogens is 1. The topological polar surface area (TPSA) is 67.4 Å². The van der Waals surface area contributed by atoms with Crippen molar-refractivity contribution in [3.63, 3.8) is 0 Å². The van der Waals surface area contributed by atoms with E-state index in [1.165, 1.54) is 0 Å². The summed E-state index contributed by atoms with van der Waals surface area (Å²) in [7, 11) is 0. The first-order valence-electron chi connectivity index (χ1n) is 7.90. The molecule has 0 saturated carbocycles. The molecule has 128 valence electrons. The molecule has 2 aromatic carbocycles. The van der Waals surface area contributed by atoms with Crippen molar-refractivity contribution in [1.82, 2.24) is 10.6 Å². The van der Waals surface area contributed by atoms with Gasteiger partial charge in [-0.3, -0.25) is 0 Å². The molecule has 0 radical (unpaired) electrons. The van der Waals surface area contributed by atoms with E-state index >= 15 is 0 Å². The van der Waals surface area contributed by atoms with E-state index in [-0.39, 0.29) is 12.6 Å². The van der Waals surface area contributed by atoms with Crippen LogP contribution in [0.1, 0.15) is 24.1 Å². The third-order valence-electron chi connectivity index (χ3n) is 3.85. The molecule has 1 aliphatic rings. The number of urea groups is 1. The molecule has 0 spiro atoms. The molecule has 0 aliphatic carbocycles. The number of carbonyl (C=O) groups is 2. The Hall–Kier alpha value is -2.60. The average molecular weight is 401 g/mol. The van der Waals surface area contributed by atoms with Gasteiger partial charge in [-0.1, -0.05) is 64.5 Å². The first-order valence-corrected chi connectivity index (χ1v) is 8.69. The highest BCUT2D eigenvalue weighted by Gasteiger charge is 2.35. The normalized spacial score (nSPS) is 16.9. The minimum Gasteiger partial charge on any atom is -0.463 e. The summed E-state index contributed by atoms with van der Waals surface area (Å²) in [6, 6.07) is 15.8. The first-order chi connectivity index (χ1) is 12.1. The summed E-state index contributed by atoms with van der Waals surface area (Å²) in [5, 5.41) is 5.58. The van der Waals surface area contributed by atoms with Crippen molar-refractivity contribution < 1.29 is 14.3 Å². The van der Waals surface area contributed by atoms with Crippen molar-refractivity contribution in [3.05, 3.63) is 75.8 Å². The molecule has 0 bridgehead atoms. The predicted octanol–water partition coefficient (Wildman–Crippen LogP) is 3.78. The number of benzene rings is 2. The Labute approximate surface area is 154 Å². The average Bonchev–Trinajstić information content (AvgIpc) is 2.62. The highest BCUT2D eigenvalue weighted by molar-refractivity contribution is 9.10. The van der Waals surface area contributed by atoms with Crippen LogP contribution in [-0.4, -0.2) is 18.6 Å². The molecule has 2 N–H and O–H groups in total. The minimum absolute atomic E-state index is 0.251. The van der Waals surface area contributed by atoms with Crippen LogP contribution in [0.5, 0.6) is 0 Å². The second-order valence-corrected chi connectivity index (χ2v) is 6.28. The van der Waals surface area contributed by atoms with E-state index < -0.39 is 12.0 Å². The van der Waals surface area contributed by atoms with Crippen molar-refractivity contribution in [2.45, 2.75) is 13.0 Å². The van der Waals surface area contributed by atoms with Gasteiger partial charge in [-0.05, 0) is 24.1 Å². The zero-order chi connectivity index (χ0) is 17.8. The second kappa shape index (κ2) is 7.53. The van der Waals surface area contributed by atoms with E-state index in [2.05, 4.69) is 26.6 Å². The summed E-state index contributed by atoms with van der Waals surface area (Å²) < 4.78 is 6.06. The first kappa shape index (κ1) is 17.2. The quantitative estimate of drug-likeness (QED) is 0.767. The van der Waals surface area contributed by atoms with Gasteiger partial charge in [-0.25, -0.2) is 9.59 Å². The van der Waals surface area contributed by atoms with E-state index in [0.29, 0.717) is 11.3 Å². The number of hydrogen-bond donors (Lipinski definition) is 2. The molecule has 0 saturated heterocycles. The fraction of sp³-hybridized carbons (Fsp3) is 0.158. The van der Waals surface area contributed by atoms with E-state index in [9.17, 15) is 9.59 Å². The standard InChI is InChI=1S/C19H17BrN2O3/c1-2-25-18(23)15-16(12-8-4-3-5-9-12)21-19(24)22-17(15)13-10-6-7-11-14(13)20/h3-11,17H,2H2,1H3,(H2,21,22,24). The highest BCUT2D eigenvalue weighted by atomic mass is 79.9. The monoisotopic (exact) mass is 400 g/mol. The van der Waals surface area contributed by atoms with Crippen LogP contribution in [0.3, 0.4) is 0 Å². The van der Waals surface area contributed by atoms with Gasteiger partial charge in [0.25, 0.3) is 0 Å². The highest BCUT2D eigenvalue weighted by Crippen LogP contribution is 2.35. The number of hydrogen-bond acceptors (Lipinski definition) is 3. The van der Waals surface area contributed by atoms with Gasteiger partial charge in [0, 0.05) is 4.47 Å². The van der Waals surface area contributed by atoms with Crippen LogP contribution in [0.2, 0.25) is 0 Å². The molecule has 0 fully saturated rings. The van der Waals surface area contributed by atoms with E-state index in [0.717, 1.165) is 15.6 Å². The van der Waals surface area contributed by atoms with Gasteiger partial charge in [0.1, 0.15) is 0 Å². The van der Waals surface area contributed by atoms with Crippen LogP contribution in [0, 0.1) is 0 Å². The fourth-order valence-electron chi connectivity index (χ4n) is 2.77. The number of nitrogens with one attached hydrogen (secondary N) is 2. The lowest BCUT2D eigenvalue weighted by atomic mass is 9.93. The van der Waals surface area contributed by atoms with Crippen molar-refractivity contribution in [2.24, 2.45) is 0 Å². The van der Waals surface area contributed by atoms with E-state index in [1.807, 2.05) is 54.6 Å². The molecular formula is C19H17BrN2O3.